The standard InChI is InChI=1S/C17H16N4O4S/c1-10-14(16(24)25-2)26-17(18-10)19-15(23)12-8-9-13(22)21(20-12)11-6-4-3-5-7-11/h3-7H,8-9H2,1-2H3,(H,18,19,23). The highest BCUT2D eigenvalue weighted by Gasteiger charge is 2.26. The minimum Gasteiger partial charge on any atom is -0.465 e. The third kappa shape index (κ3) is 3.62. The van der Waals surface area contributed by atoms with Crippen molar-refractivity contribution in [3.8, 4) is 0 Å². The van der Waals surface area contributed by atoms with Gasteiger partial charge in [-0.3, -0.25) is 14.9 Å². The van der Waals surface area contributed by atoms with Crippen LogP contribution in [0.3, 0.4) is 0 Å². The average Bonchev–Trinajstić information content (AvgIpc) is 3.02. The number of nitrogens with one attached hydrogen (secondary N) is 1. The molecule has 9 heteroatoms. The van der Waals surface area contributed by atoms with Gasteiger partial charge in [-0.15, -0.1) is 0 Å². The molecule has 2 heterocycles. The van der Waals surface area contributed by atoms with E-state index < -0.39 is 11.9 Å². The Morgan fingerprint density at radius 3 is 2.65 bits per heavy atom. The lowest BCUT2D eigenvalue weighted by Gasteiger charge is -2.22. The Kier molecular flexibility index (Phi) is 5.08. The van der Waals surface area contributed by atoms with Crippen LogP contribution >= 0.6 is 11.3 Å². The lowest BCUT2D eigenvalue weighted by molar-refractivity contribution is -0.118. The number of esters is 1. The fourth-order valence-electron chi connectivity index (χ4n) is 2.39. The van der Waals surface area contributed by atoms with E-state index in [2.05, 4.69) is 20.1 Å². The molecule has 0 fully saturated rings. The number of thiazole rings is 1. The Balaban J connectivity index is 1.79. The number of para-hydroxylation sites is 1. The van der Waals surface area contributed by atoms with E-state index in [4.69, 9.17) is 0 Å². The lowest BCUT2D eigenvalue weighted by Crippen LogP contribution is -2.36. The Labute approximate surface area is 153 Å². The smallest absolute Gasteiger partial charge is 0.350 e. The van der Waals surface area contributed by atoms with Crippen LogP contribution in [0, 0.1) is 6.92 Å². The molecular formula is C17H16N4O4S. The number of hydrazone groups is 1. The molecule has 0 spiro atoms. The van der Waals surface area contributed by atoms with Crippen molar-refractivity contribution in [3.63, 3.8) is 0 Å². The lowest BCUT2D eigenvalue weighted by atomic mass is 10.1. The summed E-state index contributed by atoms with van der Waals surface area (Å²) in [7, 11) is 1.28. The monoisotopic (exact) mass is 372 g/mol. The number of methoxy groups -OCH3 is 1. The third-order valence-electron chi connectivity index (χ3n) is 3.68. The summed E-state index contributed by atoms with van der Waals surface area (Å²) in [4.78, 5) is 40.7. The van der Waals surface area contributed by atoms with Crippen LogP contribution in [0.4, 0.5) is 10.8 Å². The van der Waals surface area contributed by atoms with E-state index in [1.54, 1.807) is 31.2 Å². The quantitative estimate of drug-likeness (QED) is 0.830. The van der Waals surface area contributed by atoms with Crippen LogP contribution in [-0.2, 0) is 14.3 Å². The third-order valence-corrected chi connectivity index (χ3v) is 4.74. The zero-order valence-corrected chi connectivity index (χ0v) is 15.0. The average molecular weight is 372 g/mol. The van der Waals surface area contributed by atoms with Crippen LogP contribution in [-0.4, -0.2) is 35.6 Å². The van der Waals surface area contributed by atoms with Crippen molar-refractivity contribution in [2.45, 2.75) is 19.8 Å². The molecule has 1 aliphatic heterocycles. The van der Waals surface area contributed by atoms with Crippen LogP contribution in [0.1, 0.15) is 28.2 Å². The summed E-state index contributed by atoms with van der Waals surface area (Å²) < 4.78 is 4.68. The molecule has 0 bridgehead atoms. The van der Waals surface area contributed by atoms with Gasteiger partial charge in [0.05, 0.1) is 18.5 Å². The summed E-state index contributed by atoms with van der Waals surface area (Å²) in [6.07, 6.45) is 0.424. The highest BCUT2D eigenvalue weighted by molar-refractivity contribution is 7.17. The number of nitrogens with zero attached hydrogens (tertiary/aromatic N) is 3. The van der Waals surface area contributed by atoms with Crippen LogP contribution < -0.4 is 10.3 Å². The minimum atomic E-state index is -0.503. The summed E-state index contributed by atoms with van der Waals surface area (Å²) in [6, 6.07) is 8.90. The van der Waals surface area contributed by atoms with Crippen molar-refractivity contribution < 1.29 is 19.1 Å². The normalized spacial score (nSPS) is 14.0. The van der Waals surface area contributed by atoms with Gasteiger partial charge in [0.15, 0.2) is 5.13 Å². The molecule has 2 amide bonds. The van der Waals surface area contributed by atoms with E-state index in [-0.39, 0.29) is 29.6 Å². The Morgan fingerprint density at radius 2 is 1.96 bits per heavy atom. The van der Waals surface area contributed by atoms with Gasteiger partial charge in [-0.2, -0.15) is 5.10 Å². The maximum Gasteiger partial charge on any atom is 0.350 e. The minimum absolute atomic E-state index is 0.175. The van der Waals surface area contributed by atoms with Gasteiger partial charge in [-0.05, 0) is 19.1 Å². The molecular weight excluding hydrogens is 356 g/mol. The molecule has 0 saturated heterocycles. The van der Waals surface area contributed by atoms with Gasteiger partial charge in [0.2, 0.25) is 5.91 Å². The maximum atomic E-state index is 12.5. The number of aromatic nitrogens is 1. The molecule has 0 unspecified atom stereocenters. The molecule has 8 nitrogen and oxygen atoms in total. The van der Waals surface area contributed by atoms with E-state index in [0.717, 1.165) is 11.3 Å². The number of carbonyl (C=O) groups excluding carboxylic acids is 3. The van der Waals surface area contributed by atoms with Crippen molar-refractivity contribution in [2.75, 3.05) is 17.4 Å². The maximum absolute atomic E-state index is 12.5. The first-order valence-corrected chi connectivity index (χ1v) is 8.64. The molecule has 1 aromatic heterocycles. The van der Waals surface area contributed by atoms with Crippen LogP contribution in [0.5, 0.6) is 0 Å². The van der Waals surface area contributed by atoms with Crippen molar-refractivity contribution in [1.82, 2.24) is 4.98 Å². The Hall–Kier alpha value is -3.07. The molecule has 134 valence electrons. The second-order valence-corrected chi connectivity index (χ2v) is 6.47. The van der Waals surface area contributed by atoms with Gasteiger partial charge < -0.3 is 4.74 Å². The van der Waals surface area contributed by atoms with Gasteiger partial charge in [0, 0.05) is 12.8 Å². The summed E-state index contributed by atoms with van der Waals surface area (Å²) >= 11 is 1.03. The Morgan fingerprint density at radius 1 is 1.23 bits per heavy atom. The molecule has 0 saturated carbocycles. The Bertz CT molecular complexity index is 891. The van der Waals surface area contributed by atoms with Crippen molar-refractivity contribution in [3.05, 3.63) is 40.9 Å². The van der Waals surface area contributed by atoms with Gasteiger partial charge in [0.1, 0.15) is 10.6 Å². The van der Waals surface area contributed by atoms with Gasteiger partial charge in [0.25, 0.3) is 5.91 Å². The van der Waals surface area contributed by atoms with E-state index >= 15 is 0 Å². The molecule has 2 aromatic rings. The van der Waals surface area contributed by atoms with Crippen LogP contribution in [0.25, 0.3) is 0 Å². The number of hydrogen-bond acceptors (Lipinski definition) is 7. The first-order chi connectivity index (χ1) is 12.5. The summed E-state index contributed by atoms with van der Waals surface area (Å²) in [5.74, 6) is -1.13. The number of rotatable bonds is 4. The number of aryl methyl sites for hydroxylation is 1. The molecule has 0 radical (unpaired) electrons. The molecule has 1 N–H and O–H groups in total. The number of amides is 2. The topological polar surface area (TPSA) is 101 Å². The number of benzene rings is 1. The van der Waals surface area contributed by atoms with E-state index in [0.29, 0.717) is 16.3 Å². The zero-order chi connectivity index (χ0) is 18.7. The highest BCUT2D eigenvalue weighted by Crippen LogP contribution is 2.24. The predicted octanol–water partition coefficient (Wildman–Crippen LogP) is 2.36. The number of carbonyl (C=O) groups is 3. The van der Waals surface area contributed by atoms with Crippen molar-refractivity contribution >= 4 is 45.7 Å². The first kappa shape index (κ1) is 17.7. The van der Waals surface area contributed by atoms with Crippen LogP contribution in [0.2, 0.25) is 0 Å². The van der Waals surface area contributed by atoms with Crippen LogP contribution in [0.15, 0.2) is 35.4 Å². The van der Waals surface area contributed by atoms with E-state index in [1.807, 2.05) is 6.07 Å². The van der Waals surface area contributed by atoms with Gasteiger partial charge in [-0.1, -0.05) is 29.5 Å². The molecule has 1 aliphatic rings. The molecule has 3 rings (SSSR count). The second-order valence-electron chi connectivity index (χ2n) is 5.47. The molecule has 0 atom stereocenters. The molecule has 0 aliphatic carbocycles. The number of hydrogen-bond donors (Lipinski definition) is 1. The molecule has 26 heavy (non-hydrogen) atoms. The predicted molar refractivity (Wildman–Crippen MR) is 97.4 cm³/mol. The van der Waals surface area contributed by atoms with Gasteiger partial charge in [-0.25, -0.2) is 14.8 Å². The van der Waals surface area contributed by atoms with E-state index in [9.17, 15) is 14.4 Å². The summed E-state index contributed by atoms with van der Waals surface area (Å²) in [5.41, 5.74) is 1.30. The van der Waals surface area contributed by atoms with Gasteiger partial charge >= 0.3 is 5.97 Å². The number of anilines is 2. The second kappa shape index (κ2) is 7.44. The highest BCUT2D eigenvalue weighted by atomic mass is 32.1. The number of ether oxygens (including phenoxy) is 1. The fraction of sp³-hybridized carbons (Fsp3) is 0.235. The fourth-order valence-corrected chi connectivity index (χ4v) is 3.27. The molecule has 1 aromatic carbocycles. The largest absolute Gasteiger partial charge is 0.465 e. The summed E-state index contributed by atoms with van der Waals surface area (Å²) in [6.45, 7) is 1.66. The summed E-state index contributed by atoms with van der Waals surface area (Å²) in [5, 5.41) is 8.32. The SMILES string of the molecule is COC(=O)c1sc(NC(=O)C2=NN(c3ccccc3)C(=O)CC2)nc1C. The zero-order valence-electron chi connectivity index (χ0n) is 14.2. The first-order valence-electron chi connectivity index (χ1n) is 7.82. The van der Waals surface area contributed by atoms with Crippen molar-refractivity contribution in [1.29, 1.82) is 0 Å². The van der Waals surface area contributed by atoms with Crippen molar-refractivity contribution in [2.24, 2.45) is 5.10 Å². The van der Waals surface area contributed by atoms with E-state index in [1.165, 1.54) is 12.1 Å².